The first-order valence-corrected chi connectivity index (χ1v) is 8.39. The lowest BCUT2D eigenvalue weighted by Gasteiger charge is -2.29. The van der Waals surface area contributed by atoms with Crippen LogP contribution in [0.4, 0.5) is 0 Å². The van der Waals surface area contributed by atoms with Crippen LogP contribution >= 0.6 is 0 Å². The summed E-state index contributed by atoms with van der Waals surface area (Å²) in [4.78, 5) is 2.57. The standard InChI is InChI=1S/C16H34N4O/c1-14(13-20-11-7-4-8-12-20)18-10-6-5-9-16(2,3)15(17)19-21/h14,18,21H,4-13H2,1-3H3,(H2,17,19). The summed E-state index contributed by atoms with van der Waals surface area (Å²) in [5, 5.41) is 15.5. The molecule has 0 aromatic carbocycles. The van der Waals surface area contributed by atoms with Crippen LogP contribution in [0.5, 0.6) is 0 Å². The molecule has 4 N–H and O–H groups in total. The predicted molar refractivity (Wildman–Crippen MR) is 88.8 cm³/mol. The molecule has 124 valence electrons. The summed E-state index contributed by atoms with van der Waals surface area (Å²) in [6, 6.07) is 0.556. The van der Waals surface area contributed by atoms with Crippen LogP contribution in [0.2, 0.25) is 0 Å². The Morgan fingerprint density at radius 3 is 2.57 bits per heavy atom. The molecule has 5 nitrogen and oxygen atoms in total. The van der Waals surface area contributed by atoms with Gasteiger partial charge in [0.25, 0.3) is 0 Å². The van der Waals surface area contributed by atoms with Gasteiger partial charge in [0.2, 0.25) is 0 Å². The van der Waals surface area contributed by atoms with Crippen LogP contribution in [0, 0.1) is 5.41 Å². The van der Waals surface area contributed by atoms with Crippen LogP contribution in [0.15, 0.2) is 5.16 Å². The Balaban J connectivity index is 2.08. The molecule has 1 saturated heterocycles. The number of unbranched alkanes of at least 4 members (excludes halogenated alkanes) is 1. The van der Waals surface area contributed by atoms with Crippen molar-refractivity contribution in [2.45, 2.75) is 65.3 Å². The highest BCUT2D eigenvalue weighted by Crippen LogP contribution is 2.23. The molecule has 1 fully saturated rings. The number of hydrogen-bond donors (Lipinski definition) is 3. The zero-order valence-electron chi connectivity index (χ0n) is 14.1. The van der Waals surface area contributed by atoms with E-state index in [0.717, 1.165) is 32.4 Å². The maximum Gasteiger partial charge on any atom is 0.144 e. The van der Waals surface area contributed by atoms with E-state index in [1.54, 1.807) is 0 Å². The zero-order chi connectivity index (χ0) is 15.7. The number of rotatable bonds is 9. The van der Waals surface area contributed by atoms with Crippen molar-refractivity contribution < 1.29 is 5.21 Å². The second kappa shape index (κ2) is 9.26. The van der Waals surface area contributed by atoms with Gasteiger partial charge in [0.05, 0.1) is 0 Å². The second-order valence-electron chi connectivity index (χ2n) is 7.04. The number of nitrogens with one attached hydrogen (secondary N) is 1. The van der Waals surface area contributed by atoms with E-state index in [2.05, 4.69) is 22.3 Å². The highest BCUT2D eigenvalue weighted by molar-refractivity contribution is 5.85. The molecule has 0 aromatic rings. The van der Waals surface area contributed by atoms with E-state index in [1.165, 1.54) is 32.4 Å². The minimum absolute atomic E-state index is 0.214. The number of nitrogens with zero attached hydrogens (tertiary/aromatic N) is 2. The van der Waals surface area contributed by atoms with E-state index in [-0.39, 0.29) is 5.41 Å². The van der Waals surface area contributed by atoms with Gasteiger partial charge in [0, 0.05) is 18.0 Å². The van der Waals surface area contributed by atoms with Crippen molar-refractivity contribution in [3.8, 4) is 0 Å². The quantitative estimate of drug-likeness (QED) is 0.201. The first-order valence-electron chi connectivity index (χ1n) is 8.39. The van der Waals surface area contributed by atoms with Crippen LogP contribution in [0.1, 0.15) is 59.3 Å². The molecule has 1 aliphatic heterocycles. The molecule has 5 heteroatoms. The number of hydrogen-bond acceptors (Lipinski definition) is 4. The normalized spacial score (nSPS) is 19.7. The van der Waals surface area contributed by atoms with Crippen molar-refractivity contribution in [3.05, 3.63) is 0 Å². The highest BCUT2D eigenvalue weighted by Gasteiger charge is 2.22. The van der Waals surface area contributed by atoms with Crippen LogP contribution in [-0.4, -0.2) is 48.2 Å². The van der Waals surface area contributed by atoms with Crippen molar-refractivity contribution in [1.29, 1.82) is 0 Å². The Morgan fingerprint density at radius 2 is 1.95 bits per heavy atom. The molecule has 0 spiro atoms. The highest BCUT2D eigenvalue weighted by atomic mass is 16.4. The lowest BCUT2D eigenvalue weighted by molar-refractivity contribution is 0.209. The maximum atomic E-state index is 8.75. The monoisotopic (exact) mass is 298 g/mol. The molecule has 1 unspecified atom stereocenters. The van der Waals surface area contributed by atoms with Gasteiger partial charge in [-0.15, -0.1) is 0 Å². The number of oxime groups is 1. The lowest BCUT2D eigenvalue weighted by atomic mass is 9.86. The summed E-state index contributed by atoms with van der Waals surface area (Å²) in [6.45, 7) is 11.1. The number of nitrogens with two attached hydrogens (primary N) is 1. The van der Waals surface area contributed by atoms with Crippen molar-refractivity contribution in [1.82, 2.24) is 10.2 Å². The van der Waals surface area contributed by atoms with E-state index < -0.39 is 0 Å². The number of likely N-dealkylation sites (tertiary alicyclic amines) is 1. The van der Waals surface area contributed by atoms with E-state index in [1.807, 2.05) is 13.8 Å². The summed E-state index contributed by atoms with van der Waals surface area (Å²) < 4.78 is 0. The molecular weight excluding hydrogens is 264 g/mol. The minimum atomic E-state index is -0.214. The van der Waals surface area contributed by atoms with Crippen molar-refractivity contribution >= 4 is 5.84 Å². The zero-order valence-corrected chi connectivity index (χ0v) is 14.1. The van der Waals surface area contributed by atoms with Gasteiger partial charge in [-0.3, -0.25) is 0 Å². The molecule has 21 heavy (non-hydrogen) atoms. The van der Waals surface area contributed by atoms with Crippen LogP contribution < -0.4 is 11.1 Å². The Hall–Kier alpha value is -0.810. The van der Waals surface area contributed by atoms with Gasteiger partial charge in [-0.1, -0.05) is 31.8 Å². The number of piperidine rings is 1. The Morgan fingerprint density at radius 1 is 1.29 bits per heavy atom. The molecule has 0 radical (unpaired) electrons. The Kier molecular flexibility index (Phi) is 8.04. The molecule has 1 heterocycles. The predicted octanol–water partition coefficient (Wildman–Crippen LogP) is 2.39. The minimum Gasteiger partial charge on any atom is -0.409 e. The maximum absolute atomic E-state index is 8.75. The largest absolute Gasteiger partial charge is 0.409 e. The molecule has 0 saturated carbocycles. The third-order valence-electron chi connectivity index (χ3n) is 4.50. The van der Waals surface area contributed by atoms with Crippen LogP contribution in [0.3, 0.4) is 0 Å². The lowest BCUT2D eigenvalue weighted by Crippen LogP contribution is -2.41. The molecule has 0 amide bonds. The van der Waals surface area contributed by atoms with Crippen LogP contribution in [0.25, 0.3) is 0 Å². The molecule has 1 rings (SSSR count). The molecule has 0 aliphatic carbocycles. The van der Waals surface area contributed by atoms with Gasteiger partial charge < -0.3 is 21.2 Å². The van der Waals surface area contributed by atoms with Gasteiger partial charge in [-0.05, 0) is 52.2 Å². The van der Waals surface area contributed by atoms with E-state index >= 15 is 0 Å². The van der Waals surface area contributed by atoms with Gasteiger partial charge in [0.1, 0.15) is 5.84 Å². The van der Waals surface area contributed by atoms with E-state index in [0.29, 0.717) is 11.9 Å². The first-order chi connectivity index (χ1) is 9.95. The summed E-state index contributed by atoms with van der Waals surface area (Å²) in [5.74, 6) is 0.328. The fourth-order valence-corrected chi connectivity index (χ4v) is 2.90. The summed E-state index contributed by atoms with van der Waals surface area (Å²) in [6.07, 6.45) is 7.28. The van der Waals surface area contributed by atoms with Crippen molar-refractivity contribution in [2.75, 3.05) is 26.2 Å². The van der Waals surface area contributed by atoms with Gasteiger partial charge >= 0.3 is 0 Å². The first kappa shape index (κ1) is 18.2. The average Bonchev–Trinajstić information content (AvgIpc) is 2.46. The topological polar surface area (TPSA) is 73.9 Å². The molecule has 1 atom stereocenters. The molecule has 0 bridgehead atoms. The fourth-order valence-electron chi connectivity index (χ4n) is 2.90. The van der Waals surface area contributed by atoms with Crippen LogP contribution in [-0.2, 0) is 0 Å². The SMILES string of the molecule is CC(CN1CCCCC1)NCCCCC(C)(C)C(N)=NO. The fraction of sp³-hybridized carbons (Fsp3) is 0.938. The number of amidine groups is 1. The third kappa shape index (κ3) is 7.14. The molecule has 1 aliphatic rings. The second-order valence-corrected chi connectivity index (χ2v) is 7.04. The Bertz CT molecular complexity index is 311. The summed E-state index contributed by atoms with van der Waals surface area (Å²) in [7, 11) is 0. The molecular formula is C16H34N4O. The van der Waals surface area contributed by atoms with Crippen molar-refractivity contribution in [3.63, 3.8) is 0 Å². The van der Waals surface area contributed by atoms with E-state index in [4.69, 9.17) is 10.9 Å². The Labute approximate surface area is 130 Å². The summed E-state index contributed by atoms with van der Waals surface area (Å²) in [5.41, 5.74) is 5.48. The molecule has 0 aromatic heterocycles. The van der Waals surface area contributed by atoms with Gasteiger partial charge in [0.15, 0.2) is 0 Å². The van der Waals surface area contributed by atoms with Gasteiger partial charge in [-0.2, -0.15) is 0 Å². The van der Waals surface area contributed by atoms with E-state index in [9.17, 15) is 0 Å². The van der Waals surface area contributed by atoms with Gasteiger partial charge in [-0.25, -0.2) is 0 Å². The van der Waals surface area contributed by atoms with Crippen molar-refractivity contribution in [2.24, 2.45) is 16.3 Å². The average molecular weight is 298 g/mol. The smallest absolute Gasteiger partial charge is 0.144 e. The summed E-state index contributed by atoms with van der Waals surface area (Å²) >= 11 is 0. The third-order valence-corrected chi connectivity index (χ3v) is 4.50.